The van der Waals surface area contributed by atoms with Gasteiger partial charge >= 0.3 is 0 Å². The van der Waals surface area contributed by atoms with Crippen LogP contribution in [0.4, 0.5) is 5.69 Å². The number of nitrogens with zero attached hydrogens (tertiary/aromatic N) is 3. The van der Waals surface area contributed by atoms with Crippen LogP contribution in [0.15, 0.2) is 53.3 Å². The van der Waals surface area contributed by atoms with Gasteiger partial charge in [0, 0.05) is 11.9 Å². The molecule has 3 aromatic rings. The number of sulfonamides is 1. The Bertz CT molecular complexity index is 1350. The van der Waals surface area contributed by atoms with Crippen molar-refractivity contribution in [3.05, 3.63) is 70.1 Å². The van der Waals surface area contributed by atoms with Crippen LogP contribution in [0.2, 0.25) is 0 Å². The summed E-state index contributed by atoms with van der Waals surface area (Å²) < 4.78 is 26.6. The lowest BCUT2D eigenvalue weighted by Gasteiger charge is -2.23. The Morgan fingerprint density at radius 2 is 1.66 bits per heavy atom. The van der Waals surface area contributed by atoms with Gasteiger partial charge in [0.05, 0.1) is 17.3 Å². The molecule has 10 nitrogen and oxygen atoms in total. The minimum Gasteiger partial charge on any atom is -0.271 e. The van der Waals surface area contributed by atoms with Gasteiger partial charge in [-0.15, -0.1) is 0 Å². The number of anilines is 1. The predicted molar refractivity (Wildman–Crippen MR) is 121 cm³/mol. The van der Waals surface area contributed by atoms with Crippen LogP contribution >= 0.6 is 0 Å². The topological polar surface area (TPSA) is 130 Å². The van der Waals surface area contributed by atoms with Crippen LogP contribution in [0.25, 0.3) is 10.8 Å². The van der Waals surface area contributed by atoms with E-state index in [0.717, 1.165) is 15.2 Å². The first-order valence-corrected chi connectivity index (χ1v) is 11.6. The molecule has 0 spiro atoms. The smallest absolute Gasteiger partial charge is 0.271 e. The maximum Gasteiger partial charge on any atom is 0.290 e. The zero-order valence-corrected chi connectivity index (χ0v) is 18.6. The lowest BCUT2D eigenvalue weighted by molar-refractivity contribution is -0.120. The van der Waals surface area contributed by atoms with Crippen LogP contribution in [0, 0.1) is 6.92 Å². The van der Waals surface area contributed by atoms with Crippen molar-refractivity contribution in [2.75, 3.05) is 17.1 Å². The average Bonchev–Trinajstić information content (AvgIpc) is 2.76. The fraction of sp³-hybridized carbons (Fsp3) is 0.238. The second kappa shape index (κ2) is 9.18. The monoisotopic (exact) mass is 457 g/mol. The van der Waals surface area contributed by atoms with Gasteiger partial charge in [0.1, 0.15) is 6.54 Å². The number of para-hydroxylation sites is 1. The largest absolute Gasteiger partial charge is 0.290 e. The van der Waals surface area contributed by atoms with Crippen LogP contribution in [-0.2, 0) is 21.4 Å². The summed E-state index contributed by atoms with van der Waals surface area (Å²) in [5, 5.41) is 4.75. The van der Waals surface area contributed by atoms with Crippen molar-refractivity contribution in [1.82, 2.24) is 20.6 Å². The molecule has 2 amide bonds. The van der Waals surface area contributed by atoms with Gasteiger partial charge in [-0.1, -0.05) is 36.4 Å². The van der Waals surface area contributed by atoms with Gasteiger partial charge in [0.15, 0.2) is 5.69 Å². The van der Waals surface area contributed by atoms with E-state index >= 15 is 0 Å². The summed E-state index contributed by atoms with van der Waals surface area (Å²) in [6.45, 7) is 3.17. The van der Waals surface area contributed by atoms with E-state index in [4.69, 9.17) is 0 Å². The minimum atomic E-state index is -3.76. The normalized spacial score (nSPS) is 11.2. The first-order chi connectivity index (χ1) is 15.1. The summed E-state index contributed by atoms with van der Waals surface area (Å²) >= 11 is 0. The number of carbonyl (C=O) groups excluding carboxylic acids is 2. The third-order valence-electron chi connectivity index (χ3n) is 4.77. The molecule has 0 aliphatic heterocycles. The molecule has 0 saturated carbocycles. The fourth-order valence-corrected chi connectivity index (χ4v) is 4.11. The Hall–Kier alpha value is -3.73. The Kier molecular flexibility index (Phi) is 6.58. The number of nitrogens with one attached hydrogen (secondary N) is 2. The number of carbonyl (C=O) groups is 2. The van der Waals surface area contributed by atoms with Crippen molar-refractivity contribution in [3.8, 4) is 0 Å². The number of aryl methyl sites for hydroxylation is 2. The summed E-state index contributed by atoms with van der Waals surface area (Å²) in [5.74, 6) is -1.49. The Morgan fingerprint density at radius 3 is 2.28 bits per heavy atom. The highest BCUT2D eigenvalue weighted by Gasteiger charge is 2.23. The number of aromatic nitrogens is 2. The molecule has 0 fully saturated rings. The van der Waals surface area contributed by atoms with Crippen molar-refractivity contribution in [2.45, 2.75) is 20.4 Å². The molecule has 0 radical (unpaired) electrons. The summed E-state index contributed by atoms with van der Waals surface area (Å²) in [6.07, 6.45) is 0.995. The number of benzene rings is 2. The number of hydrogen-bond donors (Lipinski definition) is 2. The molecule has 32 heavy (non-hydrogen) atoms. The van der Waals surface area contributed by atoms with Crippen molar-refractivity contribution in [1.29, 1.82) is 0 Å². The van der Waals surface area contributed by atoms with E-state index in [9.17, 15) is 22.8 Å². The van der Waals surface area contributed by atoms with E-state index in [0.29, 0.717) is 22.0 Å². The number of hydrogen-bond acceptors (Lipinski definition) is 6. The summed E-state index contributed by atoms with van der Waals surface area (Å²) in [6, 6.07) is 13.3. The minimum absolute atomic E-state index is 0.0405. The number of amides is 2. The molecule has 1 aromatic heterocycles. The molecule has 0 bridgehead atoms. The number of rotatable bonds is 6. The van der Waals surface area contributed by atoms with Gasteiger partial charge in [-0.05, 0) is 31.5 Å². The van der Waals surface area contributed by atoms with Gasteiger partial charge < -0.3 is 0 Å². The summed E-state index contributed by atoms with van der Waals surface area (Å²) in [5.41, 5.74) is 5.13. The zero-order chi connectivity index (χ0) is 23.5. The average molecular weight is 458 g/mol. The molecule has 2 N–H and O–H groups in total. The second-order valence-corrected chi connectivity index (χ2v) is 8.98. The molecule has 0 unspecified atom stereocenters. The maximum atomic E-state index is 12.7. The van der Waals surface area contributed by atoms with Gasteiger partial charge in [0.25, 0.3) is 17.4 Å². The Labute approximate surface area is 184 Å². The standard InChI is InChI=1S/C21H23N5O5S/c1-4-25-21(29)16-11-7-6-10-15(16)19(24-25)20(28)23-22-18(27)13-26(32(3,30)31)17-12-8-5-9-14(17)2/h5-12H,4,13H2,1-3H3,(H,22,27)(H,23,28). The molecule has 0 saturated heterocycles. The number of hydrazine groups is 1. The molecule has 0 aliphatic carbocycles. The first kappa shape index (κ1) is 22.9. The molecule has 1 heterocycles. The van der Waals surface area contributed by atoms with Gasteiger partial charge in [-0.3, -0.25) is 29.5 Å². The van der Waals surface area contributed by atoms with Crippen molar-refractivity contribution >= 4 is 38.3 Å². The lowest BCUT2D eigenvalue weighted by Crippen LogP contribution is -2.48. The first-order valence-electron chi connectivity index (χ1n) is 9.76. The Balaban J connectivity index is 1.80. The third kappa shape index (κ3) is 4.78. The maximum absolute atomic E-state index is 12.7. The van der Waals surface area contributed by atoms with E-state index in [1.165, 1.54) is 0 Å². The van der Waals surface area contributed by atoms with Crippen molar-refractivity contribution < 1.29 is 18.0 Å². The van der Waals surface area contributed by atoms with E-state index in [2.05, 4.69) is 16.0 Å². The highest BCUT2D eigenvalue weighted by Crippen LogP contribution is 2.21. The van der Waals surface area contributed by atoms with Crippen molar-refractivity contribution in [2.24, 2.45) is 0 Å². The quantitative estimate of drug-likeness (QED) is 0.530. The SMILES string of the molecule is CCn1nc(C(=O)NNC(=O)CN(c2ccccc2C)S(C)(=O)=O)c2ccccc2c1=O. The van der Waals surface area contributed by atoms with E-state index in [1.807, 2.05) is 0 Å². The summed E-state index contributed by atoms with van der Waals surface area (Å²) in [4.78, 5) is 37.6. The van der Waals surface area contributed by atoms with Crippen LogP contribution in [0.5, 0.6) is 0 Å². The highest BCUT2D eigenvalue weighted by molar-refractivity contribution is 7.92. The predicted octanol–water partition coefficient (Wildman–Crippen LogP) is 0.952. The van der Waals surface area contributed by atoms with E-state index < -0.39 is 28.4 Å². The lowest BCUT2D eigenvalue weighted by atomic mass is 10.1. The zero-order valence-electron chi connectivity index (χ0n) is 17.8. The van der Waals surface area contributed by atoms with Crippen molar-refractivity contribution in [3.63, 3.8) is 0 Å². The molecule has 0 atom stereocenters. The van der Waals surface area contributed by atoms with Gasteiger partial charge in [-0.25, -0.2) is 13.1 Å². The van der Waals surface area contributed by atoms with Crippen LogP contribution in [0.1, 0.15) is 23.0 Å². The fourth-order valence-electron chi connectivity index (χ4n) is 3.20. The van der Waals surface area contributed by atoms with Gasteiger partial charge in [-0.2, -0.15) is 5.10 Å². The Morgan fingerprint density at radius 1 is 1.03 bits per heavy atom. The van der Waals surface area contributed by atoms with E-state index in [-0.39, 0.29) is 17.8 Å². The molecule has 2 aromatic carbocycles. The molecule has 0 aliphatic rings. The molecule has 168 valence electrons. The van der Waals surface area contributed by atoms with E-state index in [1.54, 1.807) is 62.4 Å². The highest BCUT2D eigenvalue weighted by atomic mass is 32.2. The third-order valence-corrected chi connectivity index (χ3v) is 5.90. The van der Waals surface area contributed by atoms with Crippen LogP contribution in [0.3, 0.4) is 0 Å². The van der Waals surface area contributed by atoms with Crippen LogP contribution < -0.4 is 20.7 Å². The second-order valence-electron chi connectivity index (χ2n) is 7.07. The number of fused-ring (bicyclic) bond motifs is 1. The molecule has 11 heteroatoms. The molecular formula is C21H23N5O5S. The summed E-state index contributed by atoms with van der Waals surface area (Å²) in [7, 11) is -3.76. The molecule has 3 rings (SSSR count). The molecular weight excluding hydrogens is 434 g/mol. The van der Waals surface area contributed by atoms with Gasteiger partial charge in [0.2, 0.25) is 10.0 Å². The van der Waals surface area contributed by atoms with Crippen LogP contribution in [-0.4, -0.2) is 42.8 Å².